The predicted molar refractivity (Wildman–Crippen MR) is 107 cm³/mol. The van der Waals surface area contributed by atoms with Crippen LogP contribution in [-0.2, 0) is 9.53 Å². The molecule has 132 valence electrons. The van der Waals surface area contributed by atoms with Gasteiger partial charge < -0.3 is 4.74 Å². The first-order chi connectivity index (χ1) is 12.3. The van der Waals surface area contributed by atoms with Crippen molar-refractivity contribution < 1.29 is 9.53 Å². The summed E-state index contributed by atoms with van der Waals surface area (Å²) in [6.07, 6.45) is 6.90. The van der Waals surface area contributed by atoms with Crippen LogP contribution in [-0.4, -0.2) is 18.3 Å². The molecule has 0 radical (unpaired) electrons. The van der Waals surface area contributed by atoms with Crippen LogP contribution in [0.1, 0.15) is 32.1 Å². The highest BCUT2D eigenvalue weighted by Crippen LogP contribution is 2.25. The molecule has 0 bridgehead atoms. The lowest BCUT2D eigenvalue weighted by Crippen LogP contribution is -2.01. The minimum Gasteiger partial charge on any atom is -0.463 e. The van der Waals surface area contributed by atoms with E-state index in [-0.39, 0.29) is 5.97 Å². The molecule has 0 aliphatic rings. The first kappa shape index (κ1) is 19.3. The van der Waals surface area contributed by atoms with Crippen molar-refractivity contribution >= 4 is 17.7 Å². The van der Waals surface area contributed by atoms with Gasteiger partial charge in [-0.25, -0.2) is 4.79 Å². The summed E-state index contributed by atoms with van der Waals surface area (Å²) in [4.78, 5) is 12.2. The summed E-state index contributed by atoms with van der Waals surface area (Å²) in [7, 11) is 0. The molecule has 0 heterocycles. The molecule has 0 aliphatic heterocycles. The quantitative estimate of drug-likeness (QED) is 0.210. The van der Waals surface area contributed by atoms with Gasteiger partial charge in [-0.15, -0.1) is 11.8 Å². The Hall–Kier alpha value is -2.00. The third kappa shape index (κ3) is 7.61. The van der Waals surface area contributed by atoms with Gasteiger partial charge in [0.05, 0.1) is 6.61 Å². The van der Waals surface area contributed by atoms with Gasteiger partial charge in [0.25, 0.3) is 0 Å². The van der Waals surface area contributed by atoms with Gasteiger partial charge in [0.1, 0.15) is 0 Å². The molecule has 0 atom stereocenters. The smallest absolute Gasteiger partial charge is 0.330 e. The average Bonchev–Trinajstić information content (AvgIpc) is 2.67. The lowest BCUT2D eigenvalue weighted by Gasteiger charge is -2.05. The van der Waals surface area contributed by atoms with E-state index in [4.69, 9.17) is 4.74 Å². The molecule has 3 heteroatoms. The Bertz CT molecular complexity index is 635. The van der Waals surface area contributed by atoms with Crippen LogP contribution in [0.2, 0.25) is 0 Å². The maximum atomic E-state index is 10.9. The second-order valence-corrected chi connectivity index (χ2v) is 7.05. The molecule has 0 saturated carbocycles. The number of thioether (sulfide) groups is 1. The molecule has 2 aromatic carbocycles. The van der Waals surface area contributed by atoms with Gasteiger partial charge in [0.15, 0.2) is 0 Å². The molecule has 2 aromatic rings. The van der Waals surface area contributed by atoms with Crippen LogP contribution >= 0.6 is 11.8 Å². The minimum atomic E-state index is -0.324. The van der Waals surface area contributed by atoms with Crippen LogP contribution in [0.25, 0.3) is 11.1 Å². The maximum Gasteiger partial charge on any atom is 0.330 e. The summed E-state index contributed by atoms with van der Waals surface area (Å²) < 4.78 is 4.96. The second kappa shape index (κ2) is 11.5. The highest BCUT2D eigenvalue weighted by Gasteiger charge is 1.99. The summed E-state index contributed by atoms with van der Waals surface area (Å²) >= 11 is 1.92. The van der Waals surface area contributed by atoms with E-state index in [0.717, 1.165) is 18.6 Å². The van der Waals surface area contributed by atoms with Crippen LogP contribution in [0.3, 0.4) is 0 Å². The lowest BCUT2D eigenvalue weighted by molar-refractivity contribution is -0.137. The summed E-state index contributed by atoms with van der Waals surface area (Å²) in [6.45, 7) is 3.88. The molecule has 2 nitrogen and oxygen atoms in total. The fraction of sp³-hybridized carbons (Fsp3) is 0.318. The zero-order chi connectivity index (χ0) is 17.7. The minimum absolute atomic E-state index is 0.324. The van der Waals surface area contributed by atoms with Crippen molar-refractivity contribution in [3.8, 4) is 11.1 Å². The molecule has 2 rings (SSSR count). The molecule has 0 unspecified atom stereocenters. The van der Waals surface area contributed by atoms with E-state index >= 15 is 0 Å². The Morgan fingerprint density at radius 3 is 2.24 bits per heavy atom. The van der Waals surface area contributed by atoms with E-state index in [0.29, 0.717) is 6.61 Å². The maximum absolute atomic E-state index is 10.9. The van der Waals surface area contributed by atoms with Gasteiger partial charge in [0, 0.05) is 11.0 Å². The van der Waals surface area contributed by atoms with Crippen molar-refractivity contribution in [2.24, 2.45) is 0 Å². The number of hydrogen-bond donors (Lipinski definition) is 0. The fourth-order valence-electron chi connectivity index (χ4n) is 2.53. The third-order valence-electron chi connectivity index (χ3n) is 3.93. The molecule has 0 N–H and O–H groups in total. The van der Waals surface area contributed by atoms with Crippen molar-refractivity contribution in [2.75, 3.05) is 12.4 Å². The van der Waals surface area contributed by atoms with Crippen LogP contribution < -0.4 is 0 Å². The number of benzene rings is 2. The number of esters is 1. The number of rotatable bonds is 11. The Kier molecular flexibility index (Phi) is 8.92. The highest BCUT2D eigenvalue weighted by atomic mass is 32.2. The van der Waals surface area contributed by atoms with Crippen molar-refractivity contribution in [1.82, 2.24) is 0 Å². The first-order valence-electron chi connectivity index (χ1n) is 8.87. The predicted octanol–water partition coefficient (Wildman–Crippen LogP) is 6.13. The molecule has 0 aromatic heterocycles. The summed E-state index contributed by atoms with van der Waals surface area (Å²) in [5.74, 6) is 0.825. The second-order valence-electron chi connectivity index (χ2n) is 5.88. The van der Waals surface area contributed by atoms with Crippen molar-refractivity contribution in [3.05, 3.63) is 67.3 Å². The number of hydrogen-bond acceptors (Lipinski definition) is 3. The molecule has 0 fully saturated rings. The van der Waals surface area contributed by atoms with Gasteiger partial charge >= 0.3 is 5.97 Å². The SMILES string of the molecule is C=CC(=O)OCCCCCCCSc1ccc(-c2ccccc2)cc1. The normalized spacial score (nSPS) is 10.4. The van der Waals surface area contributed by atoms with Gasteiger partial charge in [-0.05, 0) is 41.9 Å². The number of ether oxygens (including phenoxy) is 1. The van der Waals surface area contributed by atoms with Crippen LogP contribution in [0.4, 0.5) is 0 Å². The fourth-order valence-corrected chi connectivity index (χ4v) is 3.44. The molecule has 0 saturated heterocycles. The van der Waals surface area contributed by atoms with E-state index < -0.39 is 0 Å². The van der Waals surface area contributed by atoms with Gasteiger partial charge in [-0.2, -0.15) is 0 Å². The molecule has 0 aliphatic carbocycles. The lowest BCUT2D eigenvalue weighted by atomic mass is 10.1. The standard InChI is InChI=1S/C22H26O2S/c1-2-22(23)24-17-9-4-3-5-10-18-25-21-15-13-20(14-16-21)19-11-7-6-8-12-19/h2,6-8,11-16H,1,3-5,9-10,17-18H2. The largest absolute Gasteiger partial charge is 0.463 e. The van der Waals surface area contributed by atoms with E-state index in [1.165, 1.54) is 41.4 Å². The van der Waals surface area contributed by atoms with Crippen LogP contribution in [0, 0.1) is 0 Å². The number of carbonyl (C=O) groups excluding carboxylic acids is 1. The van der Waals surface area contributed by atoms with E-state index in [1.54, 1.807) is 0 Å². The highest BCUT2D eigenvalue weighted by molar-refractivity contribution is 7.99. The van der Waals surface area contributed by atoms with E-state index in [2.05, 4.69) is 55.1 Å². The monoisotopic (exact) mass is 354 g/mol. The summed E-state index contributed by atoms with van der Waals surface area (Å²) in [5.41, 5.74) is 2.53. The molecule has 25 heavy (non-hydrogen) atoms. The number of unbranched alkanes of at least 4 members (excludes halogenated alkanes) is 4. The van der Waals surface area contributed by atoms with Gasteiger partial charge in [-0.1, -0.05) is 68.3 Å². The van der Waals surface area contributed by atoms with Crippen molar-refractivity contribution in [2.45, 2.75) is 37.0 Å². The zero-order valence-corrected chi connectivity index (χ0v) is 15.5. The Balaban J connectivity index is 1.55. The third-order valence-corrected chi connectivity index (χ3v) is 5.03. The first-order valence-corrected chi connectivity index (χ1v) is 9.85. The summed E-state index contributed by atoms with van der Waals surface area (Å²) in [5, 5.41) is 0. The summed E-state index contributed by atoms with van der Waals surface area (Å²) in [6, 6.07) is 19.3. The van der Waals surface area contributed by atoms with Crippen molar-refractivity contribution in [3.63, 3.8) is 0 Å². The molecule has 0 spiro atoms. The van der Waals surface area contributed by atoms with Crippen LogP contribution in [0.15, 0.2) is 72.1 Å². The van der Waals surface area contributed by atoms with Gasteiger partial charge in [0.2, 0.25) is 0 Å². The van der Waals surface area contributed by atoms with E-state index in [1.807, 2.05) is 17.8 Å². The van der Waals surface area contributed by atoms with E-state index in [9.17, 15) is 4.79 Å². The molecular weight excluding hydrogens is 328 g/mol. The van der Waals surface area contributed by atoms with Gasteiger partial charge in [-0.3, -0.25) is 0 Å². The number of carbonyl (C=O) groups is 1. The van der Waals surface area contributed by atoms with Crippen LogP contribution in [0.5, 0.6) is 0 Å². The molecular formula is C22H26O2S. The Morgan fingerprint density at radius 1 is 0.880 bits per heavy atom. The average molecular weight is 355 g/mol. The Morgan fingerprint density at radius 2 is 1.52 bits per heavy atom. The Labute approximate surface area is 155 Å². The zero-order valence-electron chi connectivity index (χ0n) is 14.7. The molecule has 0 amide bonds. The van der Waals surface area contributed by atoms with Crippen molar-refractivity contribution in [1.29, 1.82) is 0 Å². The topological polar surface area (TPSA) is 26.3 Å².